The first kappa shape index (κ1) is 12.9. The molecule has 0 fully saturated rings. The van der Waals surface area contributed by atoms with Crippen LogP contribution in [-0.2, 0) is 0 Å². The maximum Gasteiger partial charge on any atom is 0.0905 e. The summed E-state index contributed by atoms with van der Waals surface area (Å²) in [5.74, 6) is 1.15. The Bertz CT molecular complexity index is 253. The summed E-state index contributed by atoms with van der Waals surface area (Å²) in [5.41, 5.74) is 6.80. The second-order valence-corrected chi connectivity index (χ2v) is 3.72. The molecule has 0 spiro atoms. The minimum absolute atomic E-state index is 0. The molecular formula is C9H15IN2S. The van der Waals surface area contributed by atoms with E-state index in [1.54, 1.807) is 11.3 Å². The topological polar surface area (TPSA) is 38.4 Å². The van der Waals surface area contributed by atoms with Crippen molar-refractivity contribution in [3.63, 3.8) is 0 Å². The number of thiophene rings is 1. The van der Waals surface area contributed by atoms with E-state index in [2.05, 4.69) is 28.7 Å². The third-order valence-corrected chi connectivity index (χ3v) is 2.43. The molecule has 0 radical (unpaired) electrons. The molecule has 2 N–H and O–H groups in total. The van der Waals surface area contributed by atoms with Crippen molar-refractivity contribution in [1.29, 1.82) is 0 Å². The van der Waals surface area contributed by atoms with Gasteiger partial charge in [-0.3, -0.25) is 4.99 Å². The fraction of sp³-hybridized carbons (Fsp3) is 0.444. The maximum atomic E-state index is 5.45. The molecular weight excluding hydrogens is 295 g/mol. The Morgan fingerprint density at radius 2 is 2.38 bits per heavy atom. The summed E-state index contributed by atoms with van der Waals surface area (Å²) < 4.78 is 0. The summed E-state index contributed by atoms with van der Waals surface area (Å²) in [6, 6.07) is 2.14. The Balaban J connectivity index is 0.00000144. The third-order valence-electron chi connectivity index (χ3n) is 1.73. The van der Waals surface area contributed by atoms with Crippen LogP contribution < -0.4 is 5.73 Å². The van der Waals surface area contributed by atoms with Gasteiger partial charge in [0.25, 0.3) is 0 Å². The van der Waals surface area contributed by atoms with Crippen LogP contribution in [0, 0.1) is 0 Å². The molecule has 0 bridgehead atoms. The zero-order valence-electron chi connectivity index (χ0n) is 7.86. The molecule has 0 saturated heterocycles. The fourth-order valence-electron chi connectivity index (χ4n) is 0.942. The molecule has 0 aliphatic carbocycles. The van der Waals surface area contributed by atoms with Crippen molar-refractivity contribution in [3.05, 3.63) is 22.4 Å². The predicted molar refractivity (Wildman–Crippen MR) is 70.3 cm³/mol. The van der Waals surface area contributed by atoms with E-state index in [1.807, 2.05) is 6.92 Å². The molecule has 0 aromatic carbocycles. The first-order valence-electron chi connectivity index (χ1n) is 3.98. The fourth-order valence-corrected chi connectivity index (χ4v) is 1.72. The second kappa shape index (κ2) is 6.37. The van der Waals surface area contributed by atoms with Gasteiger partial charge in [-0.2, -0.15) is 11.3 Å². The van der Waals surface area contributed by atoms with Crippen molar-refractivity contribution in [2.75, 3.05) is 6.54 Å². The number of aliphatic imine (C=N–C) groups is 1. The molecule has 1 aromatic rings. The van der Waals surface area contributed by atoms with Crippen LogP contribution in [0.3, 0.4) is 0 Å². The van der Waals surface area contributed by atoms with Gasteiger partial charge in [-0.25, -0.2) is 0 Å². The standard InChI is InChI=1S/C9H14N2S.HI/c1-7(5-11-8(2)10)9-3-4-12-6-9;/h3-4,6-7H,5H2,1-2H3,(H2,10,11);1H. The highest BCUT2D eigenvalue weighted by molar-refractivity contribution is 14.0. The maximum absolute atomic E-state index is 5.45. The van der Waals surface area contributed by atoms with Crippen LogP contribution in [0.1, 0.15) is 25.3 Å². The Morgan fingerprint density at radius 1 is 1.69 bits per heavy atom. The van der Waals surface area contributed by atoms with Crippen molar-refractivity contribution >= 4 is 41.1 Å². The first-order valence-corrected chi connectivity index (χ1v) is 4.93. The van der Waals surface area contributed by atoms with E-state index in [9.17, 15) is 0 Å². The van der Waals surface area contributed by atoms with Gasteiger partial charge in [0.1, 0.15) is 0 Å². The van der Waals surface area contributed by atoms with Crippen LogP contribution >= 0.6 is 35.3 Å². The molecule has 13 heavy (non-hydrogen) atoms. The van der Waals surface area contributed by atoms with Crippen LogP contribution in [0.2, 0.25) is 0 Å². The molecule has 1 rings (SSSR count). The van der Waals surface area contributed by atoms with Crippen LogP contribution in [0.25, 0.3) is 0 Å². The van der Waals surface area contributed by atoms with E-state index >= 15 is 0 Å². The van der Waals surface area contributed by atoms with Crippen molar-refractivity contribution in [2.45, 2.75) is 19.8 Å². The highest BCUT2D eigenvalue weighted by atomic mass is 127. The van der Waals surface area contributed by atoms with Gasteiger partial charge < -0.3 is 5.73 Å². The number of hydrogen-bond donors (Lipinski definition) is 1. The molecule has 1 atom stereocenters. The Labute approximate surface area is 100 Å². The van der Waals surface area contributed by atoms with Gasteiger partial charge in [0.05, 0.1) is 5.84 Å². The van der Waals surface area contributed by atoms with Crippen LogP contribution in [0.15, 0.2) is 21.8 Å². The number of amidine groups is 1. The largest absolute Gasteiger partial charge is 0.388 e. The van der Waals surface area contributed by atoms with E-state index in [0.29, 0.717) is 11.8 Å². The van der Waals surface area contributed by atoms with Gasteiger partial charge in [0.15, 0.2) is 0 Å². The Morgan fingerprint density at radius 3 is 2.85 bits per heavy atom. The van der Waals surface area contributed by atoms with E-state index in [1.165, 1.54) is 5.56 Å². The molecule has 0 amide bonds. The number of rotatable bonds is 3. The summed E-state index contributed by atoms with van der Waals surface area (Å²) in [4.78, 5) is 4.18. The van der Waals surface area contributed by atoms with Crippen molar-refractivity contribution in [2.24, 2.45) is 10.7 Å². The van der Waals surface area contributed by atoms with Crippen LogP contribution in [-0.4, -0.2) is 12.4 Å². The normalized spacial score (nSPS) is 13.5. The van der Waals surface area contributed by atoms with E-state index < -0.39 is 0 Å². The van der Waals surface area contributed by atoms with E-state index in [4.69, 9.17) is 5.73 Å². The Hall–Kier alpha value is -0.100. The smallest absolute Gasteiger partial charge is 0.0905 e. The first-order chi connectivity index (χ1) is 5.70. The molecule has 74 valence electrons. The van der Waals surface area contributed by atoms with Gasteiger partial charge in [0.2, 0.25) is 0 Å². The molecule has 0 saturated carbocycles. The average molecular weight is 310 g/mol. The minimum Gasteiger partial charge on any atom is -0.388 e. The lowest BCUT2D eigenvalue weighted by atomic mass is 10.1. The number of nitrogens with two attached hydrogens (primary N) is 1. The van der Waals surface area contributed by atoms with Crippen LogP contribution in [0.5, 0.6) is 0 Å². The number of halogens is 1. The van der Waals surface area contributed by atoms with Crippen molar-refractivity contribution in [3.8, 4) is 0 Å². The number of hydrogen-bond acceptors (Lipinski definition) is 2. The minimum atomic E-state index is 0. The number of nitrogens with zero attached hydrogens (tertiary/aromatic N) is 1. The monoisotopic (exact) mass is 310 g/mol. The molecule has 4 heteroatoms. The molecule has 1 unspecified atom stereocenters. The van der Waals surface area contributed by atoms with Gasteiger partial charge in [-0.05, 0) is 29.3 Å². The van der Waals surface area contributed by atoms with Gasteiger partial charge in [0, 0.05) is 12.5 Å². The van der Waals surface area contributed by atoms with Crippen molar-refractivity contribution < 1.29 is 0 Å². The zero-order chi connectivity index (χ0) is 8.97. The Kier molecular flexibility index (Phi) is 6.32. The molecule has 0 aliphatic rings. The average Bonchev–Trinajstić information content (AvgIpc) is 2.51. The van der Waals surface area contributed by atoms with Crippen molar-refractivity contribution in [1.82, 2.24) is 0 Å². The lowest BCUT2D eigenvalue weighted by Gasteiger charge is -2.05. The third kappa shape index (κ3) is 4.61. The van der Waals surface area contributed by atoms with Gasteiger partial charge in [-0.15, -0.1) is 24.0 Å². The highest BCUT2D eigenvalue weighted by Gasteiger charge is 2.03. The van der Waals surface area contributed by atoms with Crippen LogP contribution in [0.4, 0.5) is 0 Å². The van der Waals surface area contributed by atoms with E-state index in [-0.39, 0.29) is 24.0 Å². The summed E-state index contributed by atoms with van der Waals surface area (Å²) in [5, 5.41) is 4.25. The summed E-state index contributed by atoms with van der Waals surface area (Å²) in [7, 11) is 0. The molecule has 0 aliphatic heterocycles. The molecule has 1 aromatic heterocycles. The predicted octanol–water partition coefficient (Wildman–Crippen LogP) is 2.85. The second-order valence-electron chi connectivity index (χ2n) is 2.94. The quantitative estimate of drug-likeness (QED) is 0.520. The summed E-state index contributed by atoms with van der Waals surface area (Å²) in [6.07, 6.45) is 0. The van der Waals surface area contributed by atoms with E-state index in [0.717, 1.165) is 6.54 Å². The zero-order valence-corrected chi connectivity index (χ0v) is 11.0. The van der Waals surface area contributed by atoms with Gasteiger partial charge >= 0.3 is 0 Å². The highest BCUT2D eigenvalue weighted by Crippen LogP contribution is 2.17. The summed E-state index contributed by atoms with van der Waals surface area (Å²) in [6.45, 7) is 4.77. The lowest BCUT2D eigenvalue weighted by molar-refractivity contribution is 0.777. The molecule has 2 nitrogen and oxygen atoms in total. The lowest BCUT2D eigenvalue weighted by Crippen LogP contribution is -2.08. The summed E-state index contributed by atoms with van der Waals surface area (Å²) >= 11 is 1.72. The molecule has 1 heterocycles. The SMILES string of the molecule is CC(N)=NCC(C)c1ccsc1.I. The van der Waals surface area contributed by atoms with Gasteiger partial charge in [-0.1, -0.05) is 6.92 Å².